The van der Waals surface area contributed by atoms with Crippen molar-refractivity contribution in [2.45, 2.75) is 64.4 Å². The zero-order valence-electron chi connectivity index (χ0n) is 11.5. The Morgan fingerprint density at radius 2 is 2.11 bits per heavy atom. The maximum Gasteiger partial charge on any atom is 0.0568 e. The Labute approximate surface area is 115 Å². The van der Waals surface area contributed by atoms with E-state index in [9.17, 15) is 5.11 Å². The highest BCUT2D eigenvalue weighted by atomic mass is 32.1. The third kappa shape index (κ3) is 4.10. The van der Waals surface area contributed by atoms with Gasteiger partial charge in [-0.2, -0.15) is 0 Å². The van der Waals surface area contributed by atoms with Crippen LogP contribution in [0, 0.1) is 11.8 Å². The molecule has 1 aliphatic rings. The SMILES string of the molecule is CCC1CCC(C(O)CCCc2cccs2)CC1. The zero-order valence-corrected chi connectivity index (χ0v) is 12.3. The first-order chi connectivity index (χ1) is 8.79. The Morgan fingerprint density at radius 1 is 1.33 bits per heavy atom. The quantitative estimate of drug-likeness (QED) is 0.794. The lowest BCUT2D eigenvalue weighted by Crippen LogP contribution is -2.25. The monoisotopic (exact) mass is 266 g/mol. The fourth-order valence-electron chi connectivity index (χ4n) is 3.16. The molecule has 0 aliphatic heterocycles. The Bertz CT molecular complexity index is 312. The lowest BCUT2D eigenvalue weighted by Gasteiger charge is -2.31. The van der Waals surface area contributed by atoms with Crippen molar-refractivity contribution in [3.63, 3.8) is 0 Å². The van der Waals surface area contributed by atoms with Gasteiger partial charge in [0.05, 0.1) is 6.10 Å². The Balaban J connectivity index is 1.64. The van der Waals surface area contributed by atoms with Gasteiger partial charge in [-0.25, -0.2) is 0 Å². The van der Waals surface area contributed by atoms with Gasteiger partial charge >= 0.3 is 0 Å². The number of hydrogen-bond acceptors (Lipinski definition) is 2. The molecule has 1 heterocycles. The molecule has 1 aliphatic carbocycles. The largest absolute Gasteiger partial charge is 0.393 e. The summed E-state index contributed by atoms with van der Waals surface area (Å²) in [7, 11) is 0. The molecular weight excluding hydrogens is 240 g/mol. The van der Waals surface area contributed by atoms with Crippen molar-refractivity contribution < 1.29 is 5.11 Å². The minimum Gasteiger partial charge on any atom is -0.393 e. The average Bonchev–Trinajstić information content (AvgIpc) is 2.92. The number of hydrogen-bond donors (Lipinski definition) is 1. The second-order valence-corrected chi connectivity index (χ2v) is 6.76. The predicted octanol–water partition coefficient (Wildman–Crippen LogP) is 4.65. The van der Waals surface area contributed by atoms with Crippen LogP contribution in [-0.4, -0.2) is 11.2 Å². The van der Waals surface area contributed by atoms with Crippen LogP contribution >= 0.6 is 11.3 Å². The topological polar surface area (TPSA) is 20.2 Å². The van der Waals surface area contributed by atoms with Crippen molar-refractivity contribution >= 4 is 11.3 Å². The molecule has 1 unspecified atom stereocenters. The van der Waals surface area contributed by atoms with Crippen LogP contribution in [0.3, 0.4) is 0 Å². The molecule has 1 fully saturated rings. The third-order valence-corrected chi connectivity index (χ3v) is 5.45. The van der Waals surface area contributed by atoms with E-state index in [1.165, 1.54) is 37.0 Å². The molecule has 1 aromatic heterocycles. The van der Waals surface area contributed by atoms with Crippen molar-refractivity contribution in [3.05, 3.63) is 22.4 Å². The summed E-state index contributed by atoms with van der Waals surface area (Å²) in [5.41, 5.74) is 0. The highest BCUT2D eigenvalue weighted by Crippen LogP contribution is 2.33. The van der Waals surface area contributed by atoms with Crippen LogP contribution in [0.15, 0.2) is 17.5 Å². The Morgan fingerprint density at radius 3 is 2.72 bits per heavy atom. The first kappa shape index (κ1) is 14.1. The van der Waals surface area contributed by atoms with Gasteiger partial charge in [0.25, 0.3) is 0 Å². The first-order valence-corrected chi connectivity index (χ1v) is 8.38. The van der Waals surface area contributed by atoms with Crippen LogP contribution in [-0.2, 0) is 6.42 Å². The number of aryl methyl sites for hydroxylation is 1. The predicted molar refractivity (Wildman–Crippen MR) is 79.0 cm³/mol. The molecule has 0 bridgehead atoms. The van der Waals surface area contributed by atoms with Crippen LogP contribution in [0.25, 0.3) is 0 Å². The summed E-state index contributed by atoms with van der Waals surface area (Å²) >= 11 is 1.83. The number of aliphatic hydroxyl groups excluding tert-OH is 1. The van der Waals surface area contributed by atoms with Gasteiger partial charge in [-0.15, -0.1) is 11.3 Å². The van der Waals surface area contributed by atoms with E-state index in [0.717, 1.165) is 25.2 Å². The molecular formula is C16H26OS. The summed E-state index contributed by atoms with van der Waals surface area (Å²) < 4.78 is 0. The van der Waals surface area contributed by atoms with Crippen LogP contribution in [0.2, 0.25) is 0 Å². The van der Waals surface area contributed by atoms with Crippen LogP contribution in [0.5, 0.6) is 0 Å². The van der Waals surface area contributed by atoms with Gasteiger partial charge in [0.15, 0.2) is 0 Å². The highest BCUT2D eigenvalue weighted by Gasteiger charge is 2.25. The zero-order chi connectivity index (χ0) is 12.8. The third-order valence-electron chi connectivity index (χ3n) is 4.52. The molecule has 1 N–H and O–H groups in total. The van der Waals surface area contributed by atoms with Crippen molar-refractivity contribution in [3.8, 4) is 0 Å². The number of rotatable bonds is 6. The molecule has 2 rings (SSSR count). The van der Waals surface area contributed by atoms with E-state index < -0.39 is 0 Å². The number of aliphatic hydroxyl groups is 1. The van der Waals surface area contributed by atoms with Gasteiger partial charge in [-0.1, -0.05) is 32.3 Å². The molecule has 1 saturated carbocycles. The normalized spacial score (nSPS) is 26.1. The van der Waals surface area contributed by atoms with Gasteiger partial charge in [-0.3, -0.25) is 0 Å². The fraction of sp³-hybridized carbons (Fsp3) is 0.750. The van der Waals surface area contributed by atoms with Gasteiger partial charge in [0, 0.05) is 4.88 Å². The maximum absolute atomic E-state index is 10.3. The average molecular weight is 266 g/mol. The standard InChI is InChI=1S/C16H26OS/c1-2-13-8-10-14(11-9-13)16(17)7-3-5-15-6-4-12-18-15/h4,6,12-14,16-17H,2-3,5,7-11H2,1H3. The van der Waals surface area contributed by atoms with Crippen LogP contribution < -0.4 is 0 Å². The lowest BCUT2D eigenvalue weighted by molar-refractivity contribution is 0.0649. The second kappa shape index (κ2) is 7.30. The molecule has 1 atom stereocenters. The summed E-state index contributed by atoms with van der Waals surface area (Å²) in [6.45, 7) is 2.29. The molecule has 1 nitrogen and oxygen atoms in total. The van der Waals surface area contributed by atoms with Crippen LogP contribution in [0.1, 0.15) is 56.7 Å². The van der Waals surface area contributed by atoms with Crippen molar-refractivity contribution in [1.29, 1.82) is 0 Å². The molecule has 18 heavy (non-hydrogen) atoms. The lowest BCUT2D eigenvalue weighted by atomic mass is 9.77. The van der Waals surface area contributed by atoms with Crippen molar-refractivity contribution in [2.24, 2.45) is 11.8 Å². The molecule has 102 valence electrons. The van der Waals surface area contributed by atoms with Gasteiger partial charge in [0.2, 0.25) is 0 Å². The van der Waals surface area contributed by atoms with Crippen LogP contribution in [0.4, 0.5) is 0 Å². The van der Waals surface area contributed by atoms with Crippen molar-refractivity contribution in [1.82, 2.24) is 0 Å². The second-order valence-electron chi connectivity index (χ2n) is 5.73. The summed E-state index contributed by atoms with van der Waals surface area (Å²) in [5.74, 6) is 1.51. The fourth-order valence-corrected chi connectivity index (χ4v) is 3.91. The van der Waals surface area contributed by atoms with E-state index in [4.69, 9.17) is 0 Å². The van der Waals surface area contributed by atoms with E-state index >= 15 is 0 Å². The van der Waals surface area contributed by atoms with E-state index in [-0.39, 0.29) is 6.10 Å². The molecule has 1 aromatic rings. The number of thiophene rings is 1. The van der Waals surface area contributed by atoms with E-state index in [1.807, 2.05) is 11.3 Å². The minimum atomic E-state index is -0.0530. The molecule has 2 heteroatoms. The first-order valence-electron chi connectivity index (χ1n) is 7.50. The summed E-state index contributed by atoms with van der Waals surface area (Å²) in [5, 5.41) is 12.4. The Kier molecular flexibility index (Phi) is 5.71. The van der Waals surface area contributed by atoms with Gasteiger partial charge in [-0.05, 0) is 55.4 Å². The van der Waals surface area contributed by atoms with Gasteiger partial charge in [0.1, 0.15) is 0 Å². The smallest absolute Gasteiger partial charge is 0.0568 e. The molecule has 0 radical (unpaired) electrons. The van der Waals surface area contributed by atoms with E-state index in [0.29, 0.717) is 5.92 Å². The molecule has 0 spiro atoms. The molecule has 0 aromatic carbocycles. The highest BCUT2D eigenvalue weighted by molar-refractivity contribution is 7.09. The summed E-state index contributed by atoms with van der Waals surface area (Å²) in [6.07, 6.45) is 9.70. The van der Waals surface area contributed by atoms with E-state index in [1.54, 1.807) is 0 Å². The summed E-state index contributed by atoms with van der Waals surface area (Å²) in [4.78, 5) is 1.46. The summed E-state index contributed by atoms with van der Waals surface area (Å²) in [6, 6.07) is 4.31. The minimum absolute atomic E-state index is 0.0530. The Hall–Kier alpha value is -0.340. The molecule has 0 amide bonds. The van der Waals surface area contributed by atoms with Crippen molar-refractivity contribution in [2.75, 3.05) is 0 Å². The maximum atomic E-state index is 10.3. The van der Waals surface area contributed by atoms with Gasteiger partial charge < -0.3 is 5.11 Å². The molecule has 0 saturated heterocycles. The van der Waals surface area contributed by atoms with E-state index in [2.05, 4.69) is 24.4 Å².